The molecular formula is C23H27N3O3. The van der Waals surface area contributed by atoms with E-state index in [4.69, 9.17) is 14.6 Å². The van der Waals surface area contributed by atoms with Gasteiger partial charge in [0.1, 0.15) is 5.75 Å². The third-order valence-corrected chi connectivity index (χ3v) is 5.51. The normalized spacial score (nSPS) is 19.9. The predicted molar refractivity (Wildman–Crippen MR) is 112 cm³/mol. The van der Waals surface area contributed by atoms with Crippen LogP contribution >= 0.6 is 0 Å². The van der Waals surface area contributed by atoms with Crippen molar-refractivity contribution in [1.29, 1.82) is 0 Å². The molecule has 0 unspecified atom stereocenters. The molecule has 152 valence electrons. The Hall–Kier alpha value is -2.70. The average molecular weight is 393 g/mol. The zero-order valence-electron chi connectivity index (χ0n) is 17.0. The molecule has 2 aliphatic rings. The van der Waals surface area contributed by atoms with Gasteiger partial charge in [0.25, 0.3) is 5.91 Å². The summed E-state index contributed by atoms with van der Waals surface area (Å²) in [6, 6.07) is 16.0. The molecule has 0 aromatic heterocycles. The first-order valence-corrected chi connectivity index (χ1v) is 10.1. The fraction of sp³-hybridized carbons (Fsp3) is 0.391. The monoisotopic (exact) mass is 393 g/mol. The van der Waals surface area contributed by atoms with Crippen molar-refractivity contribution in [3.8, 4) is 5.75 Å². The van der Waals surface area contributed by atoms with Gasteiger partial charge >= 0.3 is 0 Å². The van der Waals surface area contributed by atoms with Crippen LogP contribution in [-0.2, 0) is 9.53 Å². The van der Waals surface area contributed by atoms with Crippen LogP contribution in [0.5, 0.6) is 5.75 Å². The van der Waals surface area contributed by atoms with Crippen molar-refractivity contribution in [1.82, 2.24) is 9.91 Å². The standard InChI is InChI=1S/C23H27N3O3/c1-17-7-9-18(10-8-17)20-15-21(19-5-3-4-6-22(19)28-2)26(24-20)23(27)16-25-11-13-29-14-12-25/h3-10,21H,11-16H2,1-2H3/t21-/m1/s1. The fourth-order valence-electron chi connectivity index (χ4n) is 3.87. The van der Waals surface area contributed by atoms with E-state index in [0.29, 0.717) is 26.2 Å². The molecule has 0 saturated carbocycles. The second-order valence-electron chi connectivity index (χ2n) is 7.50. The Morgan fingerprint density at radius 3 is 2.59 bits per heavy atom. The third kappa shape index (κ3) is 4.33. The first-order chi connectivity index (χ1) is 14.2. The van der Waals surface area contributed by atoms with Crippen molar-refractivity contribution in [2.24, 2.45) is 5.10 Å². The van der Waals surface area contributed by atoms with Crippen molar-refractivity contribution in [3.63, 3.8) is 0 Å². The number of rotatable bonds is 5. The number of hydrogen-bond acceptors (Lipinski definition) is 5. The van der Waals surface area contributed by atoms with E-state index in [9.17, 15) is 4.79 Å². The van der Waals surface area contributed by atoms with Gasteiger partial charge in [-0.1, -0.05) is 48.0 Å². The van der Waals surface area contributed by atoms with Gasteiger partial charge < -0.3 is 9.47 Å². The molecule has 1 amide bonds. The summed E-state index contributed by atoms with van der Waals surface area (Å²) in [5.74, 6) is 0.784. The molecule has 2 aromatic carbocycles. The number of hydrazone groups is 1. The molecule has 0 radical (unpaired) electrons. The molecule has 1 atom stereocenters. The summed E-state index contributed by atoms with van der Waals surface area (Å²) >= 11 is 0. The number of para-hydroxylation sites is 1. The second kappa shape index (κ2) is 8.76. The van der Waals surface area contributed by atoms with Gasteiger partial charge in [0, 0.05) is 25.1 Å². The van der Waals surface area contributed by atoms with Gasteiger partial charge in [0.2, 0.25) is 0 Å². The van der Waals surface area contributed by atoms with E-state index >= 15 is 0 Å². The minimum absolute atomic E-state index is 0.00455. The van der Waals surface area contributed by atoms with Crippen LogP contribution in [0.15, 0.2) is 53.6 Å². The fourth-order valence-corrected chi connectivity index (χ4v) is 3.87. The van der Waals surface area contributed by atoms with E-state index in [2.05, 4.69) is 36.1 Å². The van der Waals surface area contributed by atoms with E-state index < -0.39 is 0 Å². The minimum Gasteiger partial charge on any atom is -0.496 e. The van der Waals surface area contributed by atoms with Crippen LogP contribution in [0.25, 0.3) is 0 Å². The zero-order chi connectivity index (χ0) is 20.2. The highest BCUT2D eigenvalue weighted by Crippen LogP contribution is 2.37. The average Bonchev–Trinajstić information content (AvgIpc) is 3.20. The molecule has 0 spiro atoms. The Morgan fingerprint density at radius 2 is 1.86 bits per heavy atom. The van der Waals surface area contributed by atoms with Crippen LogP contribution in [0.1, 0.15) is 29.2 Å². The number of morpholine rings is 1. The van der Waals surface area contributed by atoms with Gasteiger partial charge in [0.05, 0.1) is 38.6 Å². The van der Waals surface area contributed by atoms with Gasteiger partial charge in [-0.05, 0) is 18.6 Å². The Bertz CT molecular complexity index is 888. The highest BCUT2D eigenvalue weighted by atomic mass is 16.5. The molecule has 0 bridgehead atoms. The van der Waals surface area contributed by atoms with Crippen LogP contribution in [0.3, 0.4) is 0 Å². The maximum Gasteiger partial charge on any atom is 0.257 e. The molecule has 6 nitrogen and oxygen atoms in total. The van der Waals surface area contributed by atoms with Crippen LogP contribution in [0.2, 0.25) is 0 Å². The lowest BCUT2D eigenvalue weighted by Crippen LogP contribution is -2.43. The first kappa shape index (κ1) is 19.6. The topological polar surface area (TPSA) is 54.4 Å². The highest BCUT2D eigenvalue weighted by Gasteiger charge is 2.35. The number of ether oxygens (including phenoxy) is 2. The lowest BCUT2D eigenvalue weighted by atomic mass is 9.97. The maximum atomic E-state index is 13.2. The van der Waals surface area contributed by atoms with Gasteiger partial charge in [-0.15, -0.1) is 0 Å². The number of amides is 1. The molecule has 0 N–H and O–H groups in total. The molecular weight excluding hydrogens is 366 g/mol. The van der Waals surface area contributed by atoms with Crippen molar-refractivity contribution < 1.29 is 14.3 Å². The predicted octanol–water partition coefficient (Wildman–Crippen LogP) is 3.01. The minimum atomic E-state index is -0.170. The number of methoxy groups -OCH3 is 1. The van der Waals surface area contributed by atoms with Crippen LogP contribution in [0.4, 0.5) is 0 Å². The molecule has 6 heteroatoms. The number of carbonyl (C=O) groups excluding carboxylic acids is 1. The van der Waals surface area contributed by atoms with Crippen molar-refractivity contribution in [2.75, 3.05) is 40.0 Å². The summed E-state index contributed by atoms with van der Waals surface area (Å²) in [7, 11) is 1.66. The summed E-state index contributed by atoms with van der Waals surface area (Å²) in [4.78, 5) is 15.4. The van der Waals surface area contributed by atoms with E-state index in [1.165, 1.54) is 5.56 Å². The Labute approximate surface area is 171 Å². The second-order valence-corrected chi connectivity index (χ2v) is 7.50. The Kier molecular flexibility index (Phi) is 5.92. The molecule has 0 aliphatic carbocycles. The van der Waals surface area contributed by atoms with E-state index in [0.717, 1.165) is 35.7 Å². The number of carbonyl (C=O) groups is 1. The van der Waals surface area contributed by atoms with Crippen molar-refractivity contribution in [3.05, 3.63) is 65.2 Å². The van der Waals surface area contributed by atoms with Crippen LogP contribution in [-0.4, -0.2) is 61.5 Å². The molecule has 2 aliphatic heterocycles. The number of nitrogens with zero attached hydrogens (tertiary/aromatic N) is 3. The van der Waals surface area contributed by atoms with Gasteiger partial charge in [0.15, 0.2) is 0 Å². The molecule has 2 heterocycles. The highest BCUT2D eigenvalue weighted by molar-refractivity contribution is 6.03. The van der Waals surface area contributed by atoms with E-state index in [-0.39, 0.29) is 11.9 Å². The summed E-state index contributed by atoms with van der Waals surface area (Å²) in [6.45, 7) is 5.29. The van der Waals surface area contributed by atoms with Crippen molar-refractivity contribution >= 4 is 11.6 Å². The summed E-state index contributed by atoms with van der Waals surface area (Å²) < 4.78 is 11.0. The van der Waals surface area contributed by atoms with Gasteiger partial charge in [-0.3, -0.25) is 9.69 Å². The summed E-state index contributed by atoms with van der Waals surface area (Å²) in [6.07, 6.45) is 0.665. The molecule has 2 aromatic rings. The van der Waals surface area contributed by atoms with Crippen LogP contribution in [0, 0.1) is 6.92 Å². The zero-order valence-corrected chi connectivity index (χ0v) is 17.0. The first-order valence-electron chi connectivity index (χ1n) is 10.1. The molecule has 4 rings (SSSR count). The third-order valence-electron chi connectivity index (χ3n) is 5.51. The maximum absolute atomic E-state index is 13.2. The lowest BCUT2D eigenvalue weighted by Gasteiger charge is -2.29. The summed E-state index contributed by atoms with van der Waals surface area (Å²) in [5.41, 5.74) is 4.17. The number of aryl methyl sites for hydroxylation is 1. The van der Waals surface area contributed by atoms with E-state index in [1.807, 2.05) is 24.3 Å². The number of hydrogen-bond donors (Lipinski definition) is 0. The van der Waals surface area contributed by atoms with Crippen LogP contribution < -0.4 is 4.74 Å². The smallest absolute Gasteiger partial charge is 0.257 e. The van der Waals surface area contributed by atoms with Gasteiger partial charge in [-0.25, -0.2) is 5.01 Å². The lowest BCUT2D eigenvalue weighted by molar-refractivity contribution is -0.135. The quantitative estimate of drug-likeness (QED) is 0.784. The summed E-state index contributed by atoms with van der Waals surface area (Å²) in [5, 5.41) is 6.43. The largest absolute Gasteiger partial charge is 0.496 e. The molecule has 1 fully saturated rings. The van der Waals surface area contributed by atoms with Crippen molar-refractivity contribution in [2.45, 2.75) is 19.4 Å². The molecule has 29 heavy (non-hydrogen) atoms. The van der Waals surface area contributed by atoms with Gasteiger partial charge in [-0.2, -0.15) is 5.10 Å². The Balaban J connectivity index is 1.63. The Morgan fingerprint density at radius 1 is 1.14 bits per heavy atom. The van der Waals surface area contributed by atoms with E-state index in [1.54, 1.807) is 12.1 Å². The number of benzene rings is 2. The SMILES string of the molecule is COc1ccccc1[C@H]1CC(c2ccc(C)cc2)=NN1C(=O)CN1CCOCC1. The molecule has 1 saturated heterocycles.